The molecule has 0 bridgehead atoms. The minimum Gasteiger partial charge on any atom is -0.324 e. The van der Waals surface area contributed by atoms with Gasteiger partial charge in [-0.15, -0.1) is 0 Å². The van der Waals surface area contributed by atoms with Gasteiger partial charge in [-0.1, -0.05) is 41.4 Å². The van der Waals surface area contributed by atoms with Crippen molar-refractivity contribution in [1.82, 2.24) is 14.7 Å². The average molecular weight is 582 g/mol. The smallest absolute Gasteiger partial charge is 0.250 e. The van der Waals surface area contributed by atoms with Crippen LogP contribution < -0.4 is 5.32 Å². The van der Waals surface area contributed by atoms with E-state index in [1.807, 2.05) is 43.0 Å². The molecule has 0 aliphatic carbocycles. The summed E-state index contributed by atoms with van der Waals surface area (Å²) < 4.78 is 23.2. The lowest BCUT2D eigenvalue weighted by Gasteiger charge is -2.50. The molecule has 1 saturated heterocycles. The van der Waals surface area contributed by atoms with Gasteiger partial charge in [0.1, 0.15) is 21.5 Å². The van der Waals surface area contributed by atoms with Gasteiger partial charge in [0, 0.05) is 72.7 Å². The Kier molecular flexibility index (Phi) is 8.86. The number of rotatable bonds is 10. The molecule has 38 heavy (non-hydrogen) atoms. The zero-order valence-electron chi connectivity index (χ0n) is 21.9. The van der Waals surface area contributed by atoms with Gasteiger partial charge >= 0.3 is 0 Å². The molecular weight excluding hydrogens is 547 g/mol. The molecule has 2 aromatic carbocycles. The number of carbonyl (C=O) groups is 2. The number of benzene rings is 2. The van der Waals surface area contributed by atoms with Gasteiger partial charge in [0.25, 0.3) is 0 Å². The first-order valence-corrected chi connectivity index (χ1v) is 15.5. The summed E-state index contributed by atoms with van der Waals surface area (Å²) in [6, 6.07) is 12.6. The molecule has 2 heterocycles. The molecular formula is C27H34Cl2N4O4S. The van der Waals surface area contributed by atoms with Crippen LogP contribution in [0.2, 0.25) is 10.0 Å². The SMILES string of the molecule is CC(C)N(C(C=O)N1CCN(CCS(C)(=O)=O)CC1)C1(Cc2cccc(Cl)c2)C(=O)Nc2cc(Cl)ccc21. The van der Waals surface area contributed by atoms with Gasteiger partial charge in [0.15, 0.2) is 6.29 Å². The number of fused-ring (bicyclic) bond motifs is 1. The molecule has 11 heteroatoms. The second-order valence-corrected chi connectivity index (χ2v) is 13.5. The van der Waals surface area contributed by atoms with E-state index in [-0.39, 0.29) is 17.7 Å². The van der Waals surface area contributed by atoms with Gasteiger partial charge in [-0.2, -0.15) is 0 Å². The molecule has 2 aromatic rings. The number of hydrogen-bond acceptors (Lipinski definition) is 7. The Morgan fingerprint density at radius 1 is 1.08 bits per heavy atom. The van der Waals surface area contributed by atoms with Crippen LogP contribution in [-0.4, -0.2) is 92.3 Å². The zero-order valence-corrected chi connectivity index (χ0v) is 24.2. The fraction of sp³-hybridized carbons (Fsp3) is 0.481. The Balaban J connectivity index is 1.72. The van der Waals surface area contributed by atoms with E-state index in [0.29, 0.717) is 54.9 Å². The number of nitrogens with zero attached hydrogens (tertiary/aromatic N) is 3. The Labute approximate surface area is 234 Å². The Hall–Kier alpha value is -2.01. The van der Waals surface area contributed by atoms with Crippen LogP contribution in [0.25, 0.3) is 0 Å². The third-order valence-electron chi connectivity index (χ3n) is 7.36. The molecule has 2 unspecified atom stereocenters. The lowest BCUT2D eigenvalue weighted by atomic mass is 9.81. The topological polar surface area (TPSA) is 90.0 Å². The third kappa shape index (κ3) is 6.08. The maximum absolute atomic E-state index is 14.0. The highest BCUT2D eigenvalue weighted by Crippen LogP contribution is 2.46. The molecule has 206 valence electrons. The molecule has 0 radical (unpaired) electrons. The van der Waals surface area contributed by atoms with Gasteiger partial charge in [0.2, 0.25) is 5.91 Å². The molecule has 0 aromatic heterocycles. The van der Waals surface area contributed by atoms with E-state index in [1.54, 1.807) is 18.2 Å². The fourth-order valence-corrected chi connectivity index (χ4v) is 6.61. The Bertz CT molecular complexity index is 1300. The van der Waals surface area contributed by atoms with Crippen molar-refractivity contribution in [2.75, 3.05) is 50.0 Å². The van der Waals surface area contributed by atoms with Crippen LogP contribution in [0.15, 0.2) is 42.5 Å². The van der Waals surface area contributed by atoms with Crippen molar-refractivity contribution in [1.29, 1.82) is 0 Å². The van der Waals surface area contributed by atoms with Crippen molar-refractivity contribution in [3.8, 4) is 0 Å². The number of sulfone groups is 1. The minimum absolute atomic E-state index is 0.102. The van der Waals surface area contributed by atoms with E-state index in [0.717, 1.165) is 17.4 Å². The first kappa shape index (κ1) is 29.0. The highest BCUT2D eigenvalue weighted by molar-refractivity contribution is 7.90. The number of amides is 1. The Morgan fingerprint density at radius 3 is 2.37 bits per heavy atom. The third-order valence-corrected chi connectivity index (χ3v) is 8.76. The molecule has 1 amide bonds. The van der Waals surface area contributed by atoms with Crippen molar-refractivity contribution >= 4 is 50.9 Å². The number of piperazine rings is 1. The van der Waals surface area contributed by atoms with Crippen LogP contribution in [0, 0.1) is 0 Å². The largest absolute Gasteiger partial charge is 0.324 e. The van der Waals surface area contributed by atoms with E-state index < -0.39 is 21.5 Å². The molecule has 2 atom stereocenters. The van der Waals surface area contributed by atoms with Crippen LogP contribution in [0.3, 0.4) is 0 Å². The van der Waals surface area contributed by atoms with Gasteiger partial charge < -0.3 is 10.1 Å². The predicted molar refractivity (Wildman–Crippen MR) is 151 cm³/mol. The van der Waals surface area contributed by atoms with E-state index >= 15 is 0 Å². The van der Waals surface area contributed by atoms with E-state index in [1.165, 1.54) is 6.26 Å². The van der Waals surface area contributed by atoms with Crippen molar-refractivity contribution in [2.45, 2.75) is 38.0 Å². The summed E-state index contributed by atoms with van der Waals surface area (Å²) in [6.45, 7) is 6.83. The minimum atomic E-state index is -3.06. The Morgan fingerprint density at radius 2 is 1.76 bits per heavy atom. The van der Waals surface area contributed by atoms with E-state index in [2.05, 4.69) is 15.1 Å². The van der Waals surface area contributed by atoms with Gasteiger partial charge in [-0.3, -0.25) is 19.5 Å². The average Bonchev–Trinajstić information content (AvgIpc) is 3.11. The van der Waals surface area contributed by atoms with Gasteiger partial charge in [-0.25, -0.2) is 8.42 Å². The second kappa shape index (κ2) is 11.6. The lowest BCUT2D eigenvalue weighted by Crippen LogP contribution is -2.66. The summed E-state index contributed by atoms with van der Waals surface area (Å²) in [5.41, 5.74) is 1.08. The fourth-order valence-electron chi connectivity index (χ4n) is 5.64. The van der Waals surface area contributed by atoms with Crippen LogP contribution in [0.4, 0.5) is 5.69 Å². The lowest BCUT2D eigenvalue weighted by molar-refractivity contribution is -0.143. The summed E-state index contributed by atoms with van der Waals surface area (Å²) in [4.78, 5) is 33.0. The highest BCUT2D eigenvalue weighted by atomic mass is 35.5. The van der Waals surface area contributed by atoms with Crippen molar-refractivity contribution in [3.63, 3.8) is 0 Å². The summed E-state index contributed by atoms with van der Waals surface area (Å²) >= 11 is 12.6. The predicted octanol–water partition coefficient (Wildman–Crippen LogP) is 3.28. The van der Waals surface area contributed by atoms with Gasteiger partial charge in [-0.05, 0) is 43.7 Å². The molecule has 8 nitrogen and oxygen atoms in total. The first-order chi connectivity index (χ1) is 17.9. The van der Waals surface area contributed by atoms with Crippen LogP contribution in [-0.2, 0) is 31.4 Å². The van der Waals surface area contributed by atoms with Crippen LogP contribution >= 0.6 is 23.2 Å². The molecule has 1 N–H and O–H groups in total. The molecule has 2 aliphatic heterocycles. The van der Waals surface area contributed by atoms with Crippen LogP contribution in [0.5, 0.6) is 0 Å². The first-order valence-electron chi connectivity index (χ1n) is 12.7. The van der Waals surface area contributed by atoms with E-state index in [9.17, 15) is 18.0 Å². The standard InChI is InChI=1S/C27H34Cl2N4O4S/c1-19(2)33(25(18-34)32-11-9-31(10-12-32)13-14-38(3,36)37)27(17-20-5-4-6-21(28)15-20)23-8-7-22(29)16-24(23)30-26(27)35/h4-8,15-16,18-19,25H,9-14,17H2,1-3H3,(H,30,35). The number of carbonyl (C=O) groups excluding carboxylic acids is 2. The quantitative estimate of drug-likeness (QED) is 0.431. The number of aldehydes is 1. The van der Waals surface area contributed by atoms with Crippen LogP contribution in [0.1, 0.15) is 25.0 Å². The summed E-state index contributed by atoms with van der Waals surface area (Å²) in [5, 5.41) is 4.10. The van der Waals surface area contributed by atoms with Crippen molar-refractivity contribution < 1.29 is 18.0 Å². The normalized spacial score (nSPS) is 21.5. The number of hydrogen-bond donors (Lipinski definition) is 1. The summed E-state index contributed by atoms with van der Waals surface area (Å²) in [7, 11) is -3.06. The molecule has 0 spiro atoms. The summed E-state index contributed by atoms with van der Waals surface area (Å²) in [5.74, 6) is -0.119. The van der Waals surface area contributed by atoms with E-state index in [4.69, 9.17) is 23.2 Å². The monoisotopic (exact) mass is 580 g/mol. The van der Waals surface area contributed by atoms with Crippen molar-refractivity contribution in [2.24, 2.45) is 0 Å². The highest BCUT2D eigenvalue weighted by Gasteiger charge is 2.55. The number of nitrogens with one attached hydrogen (secondary N) is 1. The summed E-state index contributed by atoms with van der Waals surface area (Å²) in [6.07, 6.45) is 1.78. The number of halogens is 2. The maximum Gasteiger partial charge on any atom is 0.250 e. The molecule has 1 fully saturated rings. The van der Waals surface area contributed by atoms with Gasteiger partial charge in [0.05, 0.1) is 5.75 Å². The molecule has 2 aliphatic rings. The number of anilines is 1. The van der Waals surface area contributed by atoms with Crippen molar-refractivity contribution in [3.05, 3.63) is 63.6 Å². The second-order valence-electron chi connectivity index (χ2n) is 10.4. The maximum atomic E-state index is 14.0. The molecule has 0 saturated carbocycles. The zero-order chi connectivity index (χ0) is 27.7. The molecule has 4 rings (SSSR count).